The number of fused-ring (bicyclic) bond motifs is 1. The first-order chi connectivity index (χ1) is 9.63. The second-order valence-electron chi connectivity index (χ2n) is 4.26. The average Bonchev–Trinajstić information content (AvgIpc) is 2.83. The number of benzene rings is 1. The third kappa shape index (κ3) is 2.54. The fourth-order valence-electron chi connectivity index (χ4n) is 1.80. The minimum Gasteiger partial charge on any atom is -0.327 e. The van der Waals surface area contributed by atoms with E-state index in [-0.39, 0.29) is 11.8 Å². The van der Waals surface area contributed by atoms with Crippen molar-refractivity contribution in [3.63, 3.8) is 0 Å². The highest BCUT2D eigenvalue weighted by Gasteiger charge is 2.17. The van der Waals surface area contributed by atoms with E-state index in [1.54, 1.807) is 16.7 Å². The van der Waals surface area contributed by atoms with Crippen LogP contribution in [0.25, 0.3) is 0 Å². The van der Waals surface area contributed by atoms with E-state index in [9.17, 15) is 9.59 Å². The van der Waals surface area contributed by atoms with E-state index >= 15 is 0 Å². The zero-order valence-corrected chi connectivity index (χ0v) is 12.3. The molecule has 0 bridgehead atoms. The summed E-state index contributed by atoms with van der Waals surface area (Å²) in [5, 5.41) is 4.64. The quantitative estimate of drug-likeness (QED) is 0.875. The largest absolute Gasteiger partial charge is 0.327 e. The minimum atomic E-state index is -0.310. The van der Waals surface area contributed by atoms with Gasteiger partial charge in [-0.15, -0.1) is 23.1 Å². The molecular formula is C13H11N3O2S2. The van der Waals surface area contributed by atoms with E-state index in [0.717, 1.165) is 4.90 Å². The molecule has 2 aromatic rings. The van der Waals surface area contributed by atoms with Gasteiger partial charge in [0.2, 0.25) is 5.91 Å². The molecule has 7 heteroatoms. The highest BCUT2D eigenvalue weighted by atomic mass is 32.2. The lowest BCUT2D eigenvalue weighted by atomic mass is 10.2. The van der Waals surface area contributed by atoms with Crippen LogP contribution in [0.3, 0.4) is 0 Å². The second kappa shape index (κ2) is 5.26. The lowest BCUT2D eigenvalue weighted by Gasteiger charge is -2.16. The molecule has 0 saturated heterocycles. The van der Waals surface area contributed by atoms with Crippen molar-refractivity contribution in [2.45, 2.75) is 4.90 Å². The fourth-order valence-corrected chi connectivity index (χ4v) is 3.32. The summed E-state index contributed by atoms with van der Waals surface area (Å²) in [5.74, 6) is 0.0553. The molecule has 5 nitrogen and oxygen atoms in total. The molecule has 0 saturated carbocycles. The van der Waals surface area contributed by atoms with E-state index in [2.05, 4.69) is 10.3 Å². The van der Waals surface area contributed by atoms with Gasteiger partial charge in [0.25, 0.3) is 5.91 Å². The molecule has 1 aromatic carbocycles. The third-order valence-corrected chi connectivity index (χ3v) is 4.74. The first-order valence-electron chi connectivity index (χ1n) is 5.89. The van der Waals surface area contributed by atoms with Crippen molar-refractivity contribution in [3.8, 4) is 0 Å². The lowest BCUT2D eigenvalue weighted by molar-refractivity contribution is -0.113. The van der Waals surface area contributed by atoms with E-state index in [0.29, 0.717) is 21.8 Å². The Morgan fingerprint density at radius 2 is 2.30 bits per heavy atom. The Balaban J connectivity index is 1.95. The number of carbonyl (C=O) groups excluding carboxylic acids is 2. The molecule has 20 heavy (non-hydrogen) atoms. The summed E-state index contributed by atoms with van der Waals surface area (Å²) in [6, 6.07) is 5.26. The zero-order valence-electron chi connectivity index (χ0n) is 10.6. The molecule has 3 rings (SSSR count). The number of hydrogen-bond acceptors (Lipinski definition) is 4. The molecule has 0 aliphatic carbocycles. The zero-order chi connectivity index (χ0) is 14.1. The summed E-state index contributed by atoms with van der Waals surface area (Å²) in [4.78, 5) is 29.2. The molecule has 2 amide bonds. The number of anilines is 1. The number of rotatable bonds is 1. The molecule has 0 unspecified atom stereocenters. The Morgan fingerprint density at radius 1 is 1.45 bits per heavy atom. The highest BCUT2D eigenvalue weighted by molar-refractivity contribution is 8.00. The molecule has 0 atom stereocenters. The summed E-state index contributed by atoms with van der Waals surface area (Å²) in [6.45, 7) is 0. The third-order valence-electron chi connectivity index (χ3n) is 2.82. The molecule has 1 aromatic heterocycles. The molecular weight excluding hydrogens is 294 g/mol. The normalized spacial score (nSPS) is 14.8. The van der Waals surface area contributed by atoms with Gasteiger partial charge in [-0.25, -0.2) is 0 Å². The minimum absolute atomic E-state index is 0.0475. The van der Waals surface area contributed by atoms with Crippen LogP contribution in [0.15, 0.2) is 39.7 Å². The van der Waals surface area contributed by atoms with Crippen LogP contribution in [0, 0.1) is 0 Å². The van der Waals surface area contributed by atoms with Crippen LogP contribution in [0.4, 0.5) is 5.69 Å². The number of amides is 2. The summed E-state index contributed by atoms with van der Waals surface area (Å²) in [6.07, 6.45) is 1.85. The number of carbonyl (C=O) groups is 2. The number of nitrogens with one attached hydrogen (secondary N) is 1. The number of nitrogens with zero attached hydrogens (tertiary/aromatic N) is 2. The van der Waals surface area contributed by atoms with Gasteiger partial charge in [-0.05, 0) is 18.2 Å². The Hall–Kier alpha value is -1.86. The van der Waals surface area contributed by atoms with Crippen molar-refractivity contribution in [1.29, 1.82) is 0 Å². The Bertz CT molecular complexity index is 761. The number of aromatic nitrogens is 1. The van der Waals surface area contributed by atoms with Crippen LogP contribution in [0.5, 0.6) is 0 Å². The first kappa shape index (κ1) is 13.1. The average molecular weight is 305 g/mol. The van der Waals surface area contributed by atoms with Crippen LogP contribution in [-0.2, 0) is 11.8 Å². The summed E-state index contributed by atoms with van der Waals surface area (Å²) in [7, 11) is 1.84. The Labute approximate surface area is 123 Å². The van der Waals surface area contributed by atoms with Crippen LogP contribution in [0.2, 0.25) is 0 Å². The topological polar surface area (TPSA) is 63.5 Å². The van der Waals surface area contributed by atoms with Crippen LogP contribution >= 0.6 is 23.1 Å². The maximum absolute atomic E-state index is 12.1. The van der Waals surface area contributed by atoms with Crippen LogP contribution in [0.1, 0.15) is 10.4 Å². The molecule has 0 radical (unpaired) electrons. The van der Waals surface area contributed by atoms with E-state index < -0.39 is 0 Å². The van der Waals surface area contributed by atoms with E-state index in [4.69, 9.17) is 0 Å². The maximum Gasteiger partial charge on any atom is 0.279 e. The molecule has 102 valence electrons. The number of thioether (sulfide) groups is 1. The lowest BCUT2D eigenvalue weighted by Crippen LogP contribution is -2.19. The van der Waals surface area contributed by atoms with Gasteiger partial charge in [-0.2, -0.15) is 4.99 Å². The molecule has 2 heterocycles. The Kier molecular flexibility index (Phi) is 3.45. The van der Waals surface area contributed by atoms with Crippen molar-refractivity contribution >= 4 is 40.6 Å². The summed E-state index contributed by atoms with van der Waals surface area (Å²) in [5.41, 5.74) is 1.16. The van der Waals surface area contributed by atoms with Gasteiger partial charge in [0.15, 0.2) is 4.80 Å². The van der Waals surface area contributed by atoms with Crippen LogP contribution in [-0.4, -0.2) is 22.1 Å². The number of hydrogen-bond donors (Lipinski definition) is 1. The Morgan fingerprint density at radius 3 is 3.05 bits per heavy atom. The van der Waals surface area contributed by atoms with Gasteiger partial charge in [0, 0.05) is 29.1 Å². The SMILES string of the molecule is Cn1ccsc1=NC(=O)c1ccc2c(c1)NC(=O)CS2. The van der Waals surface area contributed by atoms with Gasteiger partial charge in [-0.3, -0.25) is 9.59 Å². The van der Waals surface area contributed by atoms with Gasteiger partial charge in [-0.1, -0.05) is 0 Å². The molecule has 0 fully saturated rings. The maximum atomic E-state index is 12.1. The predicted molar refractivity (Wildman–Crippen MR) is 79.0 cm³/mol. The van der Waals surface area contributed by atoms with E-state index in [1.165, 1.54) is 23.1 Å². The fraction of sp³-hybridized carbons (Fsp3) is 0.154. The molecule has 1 aliphatic heterocycles. The highest BCUT2D eigenvalue weighted by Crippen LogP contribution is 2.32. The first-order valence-corrected chi connectivity index (χ1v) is 7.76. The number of thiazole rings is 1. The summed E-state index contributed by atoms with van der Waals surface area (Å²) >= 11 is 2.87. The molecule has 0 spiro atoms. The van der Waals surface area contributed by atoms with E-state index in [1.807, 2.05) is 24.7 Å². The van der Waals surface area contributed by atoms with Crippen molar-refractivity contribution < 1.29 is 9.59 Å². The van der Waals surface area contributed by atoms with Crippen molar-refractivity contribution in [2.24, 2.45) is 12.0 Å². The van der Waals surface area contributed by atoms with Crippen LogP contribution < -0.4 is 10.1 Å². The van der Waals surface area contributed by atoms with Crippen molar-refractivity contribution in [3.05, 3.63) is 40.1 Å². The van der Waals surface area contributed by atoms with Gasteiger partial charge in [0.05, 0.1) is 11.4 Å². The van der Waals surface area contributed by atoms with Gasteiger partial charge >= 0.3 is 0 Å². The second-order valence-corrected chi connectivity index (χ2v) is 6.15. The van der Waals surface area contributed by atoms with Gasteiger partial charge in [0.1, 0.15) is 0 Å². The summed E-state index contributed by atoms with van der Waals surface area (Å²) < 4.78 is 1.79. The number of aryl methyl sites for hydroxylation is 1. The monoisotopic (exact) mass is 305 g/mol. The molecule has 1 aliphatic rings. The molecule has 1 N–H and O–H groups in total. The predicted octanol–water partition coefficient (Wildman–Crippen LogP) is 1.87. The smallest absolute Gasteiger partial charge is 0.279 e. The van der Waals surface area contributed by atoms with Crippen molar-refractivity contribution in [2.75, 3.05) is 11.1 Å². The van der Waals surface area contributed by atoms with Gasteiger partial charge < -0.3 is 9.88 Å². The standard InChI is InChI=1S/C13H11N3O2S2/c1-16-4-5-19-13(16)15-12(18)8-2-3-10-9(6-8)14-11(17)7-20-10/h2-6H,7H2,1H3,(H,14,17). The van der Waals surface area contributed by atoms with Crippen molar-refractivity contribution in [1.82, 2.24) is 4.57 Å².